The van der Waals surface area contributed by atoms with E-state index >= 15 is 0 Å². The molecule has 2 amide bonds. The Balaban J connectivity index is 1.62. The zero-order valence-corrected chi connectivity index (χ0v) is 21.8. The fourth-order valence-electron chi connectivity index (χ4n) is 4.99. The van der Waals surface area contributed by atoms with E-state index < -0.39 is 11.9 Å². The van der Waals surface area contributed by atoms with Crippen molar-refractivity contribution in [2.75, 3.05) is 0 Å². The van der Waals surface area contributed by atoms with Crippen LogP contribution in [-0.2, 0) is 29.0 Å². The highest BCUT2D eigenvalue weighted by Gasteiger charge is 2.32. The van der Waals surface area contributed by atoms with Gasteiger partial charge < -0.3 is 10.2 Å². The molecule has 1 fully saturated rings. The maximum atomic E-state index is 14.7. The molecule has 0 bridgehead atoms. The van der Waals surface area contributed by atoms with Crippen LogP contribution < -0.4 is 5.32 Å². The van der Waals surface area contributed by atoms with Gasteiger partial charge in [-0.25, -0.2) is 4.39 Å². The van der Waals surface area contributed by atoms with Crippen molar-refractivity contribution in [3.8, 4) is 0 Å². The van der Waals surface area contributed by atoms with Crippen molar-refractivity contribution in [1.29, 1.82) is 0 Å². The fourth-order valence-corrected chi connectivity index (χ4v) is 5.22. The van der Waals surface area contributed by atoms with Crippen LogP contribution in [0.4, 0.5) is 4.39 Å². The van der Waals surface area contributed by atoms with E-state index in [0.29, 0.717) is 23.4 Å². The Hall–Kier alpha value is -3.18. The van der Waals surface area contributed by atoms with Crippen LogP contribution >= 0.6 is 11.6 Å². The molecule has 3 aromatic carbocycles. The molecular formula is C31H34ClFN2O2. The van der Waals surface area contributed by atoms with Crippen molar-refractivity contribution < 1.29 is 14.0 Å². The maximum absolute atomic E-state index is 14.7. The molecular weight excluding hydrogens is 487 g/mol. The lowest BCUT2D eigenvalue weighted by Crippen LogP contribution is -2.53. The lowest BCUT2D eigenvalue weighted by Gasteiger charge is -2.33. The van der Waals surface area contributed by atoms with Crippen molar-refractivity contribution in [2.24, 2.45) is 0 Å². The quantitative estimate of drug-likeness (QED) is 0.331. The molecule has 1 atom stereocenters. The predicted octanol–water partition coefficient (Wildman–Crippen LogP) is 6.50. The van der Waals surface area contributed by atoms with E-state index in [1.165, 1.54) is 12.5 Å². The van der Waals surface area contributed by atoms with Crippen molar-refractivity contribution in [2.45, 2.75) is 70.0 Å². The minimum Gasteiger partial charge on any atom is -0.352 e. The largest absolute Gasteiger partial charge is 0.352 e. The molecule has 0 saturated heterocycles. The molecule has 0 radical (unpaired) electrons. The molecule has 4 nitrogen and oxygen atoms in total. The molecule has 1 aliphatic rings. The van der Waals surface area contributed by atoms with Crippen molar-refractivity contribution in [3.05, 3.63) is 106 Å². The van der Waals surface area contributed by atoms with Crippen LogP contribution in [0.5, 0.6) is 0 Å². The van der Waals surface area contributed by atoms with E-state index in [9.17, 15) is 14.0 Å². The Morgan fingerprint density at radius 3 is 2.24 bits per heavy atom. The first kappa shape index (κ1) is 26.9. The zero-order valence-electron chi connectivity index (χ0n) is 21.0. The maximum Gasteiger partial charge on any atom is 0.243 e. The van der Waals surface area contributed by atoms with E-state index in [2.05, 4.69) is 5.32 Å². The number of nitrogens with one attached hydrogen (secondary N) is 1. The van der Waals surface area contributed by atoms with E-state index in [1.807, 2.05) is 48.5 Å². The molecule has 1 N–H and O–H groups in total. The topological polar surface area (TPSA) is 49.4 Å². The Bertz CT molecular complexity index is 1180. The number of hydrogen-bond acceptors (Lipinski definition) is 2. The summed E-state index contributed by atoms with van der Waals surface area (Å²) in [5.41, 5.74) is 2.20. The van der Waals surface area contributed by atoms with Crippen LogP contribution in [0.1, 0.15) is 55.2 Å². The number of benzene rings is 3. The summed E-state index contributed by atoms with van der Waals surface area (Å²) in [6.07, 6.45) is 6.20. The van der Waals surface area contributed by atoms with Gasteiger partial charge in [-0.05, 0) is 42.5 Å². The Kier molecular flexibility index (Phi) is 9.72. The zero-order chi connectivity index (χ0) is 26.0. The molecule has 0 unspecified atom stereocenters. The number of halogens is 2. The summed E-state index contributed by atoms with van der Waals surface area (Å²) >= 11 is 6.33. The second-order valence-electron chi connectivity index (χ2n) is 9.75. The van der Waals surface area contributed by atoms with E-state index in [1.54, 1.807) is 29.2 Å². The lowest BCUT2D eigenvalue weighted by atomic mass is 9.94. The molecule has 37 heavy (non-hydrogen) atoms. The van der Waals surface area contributed by atoms with Crippen LogP contribution in [-0.4, -0.2) is 28.8 Å². The number of nitrogens with zero attached hydrogens (tertiary/aromatic N) is 1. The third-order valence-corrected chi connectivity index (χ3v) is 7.46. The standard InChI is InChI=1S/C31H34ClFN2O2/c32-27-17-9-7-13-24(27)19-20-30(36)35(22-25-14-8-10-18-28(25)33)29(21-23-11-3-1-4-12-23)31(37)34-26-15-5-2-6-16-26/h1,3-4,7-14,17-18,26,29H,2,5-6,15-16,19-22H2,(H,34,37)/t29-/m0/s1. The van der Waals surface area contributed by atoms with Gasteiger partial charge in [0.05, 0.1) is 0 Å². The molecule has 1 saturated carbocycles. The van der Waals surface area contributed by atoms with E-state index in [-0.39, 0.29) is 30.8 Å². The van der Waals surface area contributed by atoms with Gasteiger partial charge in [0.15, 0.2) is 0 Å². The Morgan fingerprint density at radius 2 is 1.54 bits per heavy atom. The average molecular weight is 521 g/mol. The van der Waals surface area contributed by atoms with Crippen molar-refractivity contribution in [3.63, 3.8) is 0 Å². The van der Waals surface area contributed by atoms with Gasteiger partial charge in [-0.15, -0.1) is 0 Å². The van der Waals surface area contributed by atoms with Crippen LogP contribution in [0, 0.1) is 5.82 Å². The van der Waals surface area contributed by atoms with Crippen LogP contribution in [0.3, 0.4) is 0 Å². The minimum absolute atomic E-state index is 0.0175. The molecule has 0 aliphatic heterocycles. The molecule has 6 heteroatoms. The number of carbonyl (C=O) groups excluding carboxylic acids is 2. The van der Waals surface area contributed by atoms with Crippen LogP contribution in [0.25, 0.3) is 0 Å². The van der Waals surface area contributed by atoms with Gasteiger partial charge >= 0.3 is 0 Å². The summed E-state index contributed by atoms with van der Waals surface area (Å²) in [5.74, 6) is -0.779. The van der Waals surface area contributed by atoms with Crippen molar-refractivity contribution >= 4 is 23.4 Å². The SMILES string of the molecule is O=C(NC1CCCCC1)[C@H](Cc1ccccc1)N(Cc1ccccc1F)C(=O)CCc1ccccc1Cl. The average Bonchev–Trinajstić information content (AvgIpc) is 2.92. The Labute approximate surface area is 223 Å². The third-order valence-electron chi connectivity index (χ3n) is 7.09. The fraction of sp³-hybridized carbons (Fsp3) is 0.355. The summed E-state index contributed by atoms with van der Waals surface area (Å²) in [5, 5.41) is 3.81. The van der Waals surface area contributed by atoms with Gasteiger partial charge in [0.2, 0.25) is 11.8 Å². The van der Waals surface area contributed by atoms with E-state index in [4.69, 9.17) is 11.6 Å². The number of aryl methyl sites for hydroxylation is 1. The van der Waals surface area contributed by atoms with Gasteiger partial charge in [-0.3, -0.25) is 9.59 Å². The van der Waals surface area contributed by atoms with Gasteiger partial charge in [0.1, 0.15) is 11.9 Å². The first-order valence-electron chi connectivity index (χ1n) is 13.1. The number of rotatable bonds is 10. The summed E-state index contributed by atoms with van der Waals surface area (Å²) < 4.78 is 14.7. The van der Waals surface area contributed by atoms with Crippen LogP contribution in [0.15, 0.2) is 78.9 Å². The molecule has 194 valence electrons. The van der Waals surface area contributed by atoms with Gasteiger partial charge in [-0.1, -0.05) is 97.6 Å². The first-order chi connectivity index (χ1) is 18.0. The normalized spacial score (nSPS) is 14.6. The predicted molar refractivity (Wildman–Crippen MR) is 146 cm³/mol. The number of amides is 2. The third kappa shape index (κ3) is 7.65. The Morgan fingerprint density at radius 1 is 0.892 bits per heavy atom. The number of carbonyl (C=O) groups is 2. The molecule has 0 heterocycles. The molecule has 0 spiro atoms. The minimum atomic E-state index is -0.761. The molecule has 4 rings (SSSR count). The highest BCUT2D eigenvalue weighted by atomic mass is 35.5. The van der Waals surface area contributed by atoms with E-state index in [0.717, 1.165) is 36.8 Å². The molecule has 3 aromatic rings. The van der Waals surface area contributed by atoms with Crippen molar-refractivity contribution in [1.82, 2.24) is 10.2 Å². The smallest absolute Gasteiger partial charge is 0.243 e. The highest BCUT2D eigenvalue weighted by molar-refractivity contribution is 6.31. The number of hydrogen-bond donors (Lipinski definition) is 1. The monoisotopic (exact) mass is 520 g/mol. The van der Waals surface area contributed by atoms with Gasteiger partial charge in [0.25, 0.3) is 0 Å². The van der Waals surface area contributed by atoms with Crippen LogP contribution in [0.2, 0.25) is 5.02 Å². The summed E-state index contributed by atoms with van der Waals surface area (Å²) in [6, 6.07) is 22.9. The summed E-state index contributed by atoms with van der Waals surface area (Å²) in [7, 11) is 0. The summed E-state index contributed by atoms with van der Waals surface area (Å²) in [6.45, 7) is 0.0175. The van der Waals surface area contributed by atoms with Gasteiger partial charge in [0, 0.05) is 36.0 Å². The first-order valence-corrected chi connectivity index (χ1v) is 13.5. The summed E-state index contributed by atoms with van der Waals surface area (Å²) in [4.78, 5) is 29.1. The molecule has 1 aliphatic carbocycles. The highest BCUT2D eigenvalue weighted by Crippen LogP contribution is 2.22. The molecule has 0 aromatic heterocycles. The lowest BCUT2D eigenvalue weighted by molar-refractivity contribution is -0.141. The van der Waals surface area contributed by atoms with Gasteiger partial charge in [-0.2, -0.15) is 0 Å². The second kappa shape index (κ2) is 13.4. The second-order valence-corrected chi connectivity index (χ2v) is 10.2.